The van der Waals surface area contributed by atoms with Crippen LogP contribution in [0.3, 0.4) is 0 Å². The van der Waals surface area contributed by atoms with Crippen LogP contribution in [0.1, 0.15) is 39.1 Å². The Morgan fingerprint density at radius 2 is 1.77 bits per heavy atom. The van der Waals surface area contributed by atoms with Gasteiger partial charge in [-0.3, -0.25) is 19.2 Å². The van der Waals surface area contributed by atoms with Gasteiger partial charge in [-0.05, 0) is 30.5 Å². The minimum Gasteiger partial charge on any atom is -0.368 e. The first kappa shape index (κ1) is 22.5. The Labute approximate surface area is 185 Å². The summed E-state index contributed by atoms with van der Waals surface area (Å²) in [5, 5.41) is 2.78. The van der Waals surface area contributed by atoms with Crippen molar-refractivity contribution in [3.63, 3.8) is 0 Å². The van der Waals surface area contributed by atoms with Crippen LogP contribution >= 0.6 is 11.6 Å². The number of ketones is 1. The summed E-state index contributed by atoms with van der Waals surface area (Å²) in [6.45, 7) is 0.410. The highest BCUT2D eigenvalue weighted by Crippen LogP contribution is 2.19. The van der Waals surface area contributed by atoms with Gasteiger partial charge in [0.1, 0.15) is 12.1 Å². The molecule has 1 aliphatic rings. The molecule has 0 aromatic heterocycles. The van der Waals surface area contributed by atoms with E-state index in [1.807, 2.05) is 30.3 Å². The molecule has 0 saturated carbocycles. The molecule has 3 amide bonds. The van der Waals surface area contributed by atoms with E-state index in [1.54, 1.807) is 18.2 Å². The van der Waals surface area contributed by atoms with Crippen LogP contribution in [-0.2, 0) is 16.0 Å². The second kappa shape index (κ2) is 10.2. The predicted octanol–water partition coefficient (Wildman–Crippen LogP) is 1.93. The van der Waals surface area contributed by atoms with Crippen LogP contribution in [0.15, 0.2) is 54.6 Å². The lowest BCUT2D eigenvalue weighted by Crippen LogP contribution is -2.53. The number of benzene rings is 2. The number of likely N-dealkylation sites (tertiary alicyclic amines) is 1. The summed E-state index contributed by atoms with van der Waals surface area (Å²) in [5.41, 5.74) is 6.90. The maximum atomic E-state index is 13.3. The third kappa shape index (κ3) is 5.49. The molecule has 2 atom stereocenters. The number of carbonyl (C=O) groups is 4. The first-order valence-electron chi connectivity index (χ1n) is 10.0. The normalized spacial score (nSPS) is 16.5. The number of rotatable bonds is 8. The van der Waals surface area contributed by atoms with Gasteiger partial charge in [0, 0.05) is 24.1 Å². The summed E-state index contributed by atoms with van der Waals surface area (Å²) < 4.78 is 0. The van der Waals surface area contributed by atoms with E-state index in [1.165, 1.54) is 11.0 Å². The molecule has 0 bridgehead atoms. The number of carbonyl (C=O) groups excluding carboxylic acids is 4. The van der Waals surface area contributed by atoms with Gasteiger partial charge in [0.25, 0.3) is 5.91 Å². The van der Waals surface area contributed by atoms with Crippen molar-refractivity contribution in [2.24, 2.45) is 5.73 Å². The highest BCUT2D eigenvalue weighted by molar-refractivity contribution is 6.30. The van der Waals surface area contributed by atoms with Crippen LogP contribution < -0.4 is 11.1 Å². The highest BCUT2D eigenvalue weighted by atomic mass is 35.5. The second-order valence-corrected chi connectivity index (χ2v) is 7.71. The molecule has 1 aliphatic heterocycles. The number of Topliss-reactive ketones (excluding diaryl/α,β-unsaturated/α-hetero) is 1. The van der Waals surface area contributed by atoms with Crippen LogP contribution in [0.4, 0.5) is 0 Å². The fourth-order valence-corrected chi connectivity index (χ4v) is 3.88. The summed E-state index contributed by atoms with van der Waals surface area (Å²) in [6.07, 6.45) is 1.44. The largest absolute Gasteiger partial charge is 0.368 e. The fourth-order valence-electron chi connectivity index (χ4n) is 3.73. The molecule has 7 nitrogen and oxygen atoms in total. The van der Waals surface area contributed by atoms with Gasteiger partial charge >= 0.3 is 0 Å². The molecule has 0 radical (unpaired) electrons. The van der Waals surface area contributed by atoms with Crippen LogP contribution in [0.2, 0.25) is 0 Å². The van der Waals surface area contributed by atoms with Gasteiger partial charge in [0.15, 0.2) is 5.78 Å². The molecule has 1 fully saturated rings. The molecule has 3 rings (SSSR count). The Bertz CT molecular complexity index is 980. The number of amides is 3. The molecule has 8 heteroatoms. The Morgan fingerprint density at radius 3 is 2.45 bits per heavy atom. The van der Waals surface area contributed by atoms with Crippen molar-refractivity contribution >= 4 is 35.1 Å². The number of hydrogen-bond acceptors (Lipinski definition) is 4. The van der Waals surface area contributed by atoms with E-state index in [4.69, 9.17) is 17.3 Å². The third-order valence-electron chi connectivity index (χ3n) is 5.32. The topological polar surface area (TPSA) is 110 Å². The standard InChI is InChI=1S/C23H24ClN3O4/c24-14-20(28)16-8-4-9-17(13-16)22(30)26-18(12-15-6-2-1-3-7-15)23(31)27-11-5-10-19(27)21(25)29/h1-4,6-9,13,18-19H,5,10-12,14H2,(H2,25,29)(H,26,30)/t18-,19-/m0/s1. The molecule has 1 heterocycles. The van der Waals surface area contributed by atoms with Crippen LogP contribution in [0.5, 0.6) is 0 Å². The first-order chi connectivity index (χ1) is 14.9. The number of nitrogens with two attached hydrogens (primary N) is 1. The zero-order chi connectivity index (χ0) is 22.4. The Balaban J connectivity index is 1.84. The average molecular weight is 442 g/mol. The molecule has 1 saturated heterocycles. The predicted molar refractivity (Wildman–Crippen MR) is 117 cm³/mol. The van der Waals surface area contributed by atoms with Gasteiger partial charge in [0.05, 0.1) is 5.88 Å². The zero-order valence-corrected chi connectivity index (χ0v) is 17.7. The van der Waals surface area contributed by atoms with Crippen molar-refractivity contribution in [3.8, 4) is 0 Å². The third-order valence-corrected chi connectivity index (χ3v) is 5.56. The maximum Gasteiger partial charge on any atom is 0.251 e. The maximum absolute atomic E-state index is 13.3. The molecule has 2 aromatic rings. The number of primary amides is 1. The quantitative estimate of drug-likeness (QED) is 0.481. The fraction of sp³-hybridized carbons (Fsp3) is 0.304. The number of nitrogens with zero attached hydrogens (tertiary/aromatic N) is 1. The molecule has 0 unspecified atom stereocenters. The molecule has 31 heavy (non-hydrogen) atoms. The average Bonchev–Trinajstić information content (AvgIpc) is 3.28. The van der Waals surface area contributed by atoms with E-state index in [0.717, 1.165) is 5.56 Å². The van der Waals surface area contributed by atoms with Gasteiger partial charge in [-0.25, -0.2) is 0 Å². The van der Waals surface area contributed by atoms with E-state index in [-0.39, 0.29) is 29.6 Å². The molecule has 0 spiro atoms. The lowest BCUT2D eigenvalue weighted by atomic mass is 10.0. The molecule has 2 aromatic carbocycles. The summed E-state index contributed by atoms with van der Waals surface area (Å²) in [7, 11) is 0. The number of nitrogens with one attached hydrogen (secondary N) is 1. The van der Waals surface area contributed by atoms with Gasteiger partial charge in [-0.1, -0.05) is 42.5 Å². The zero-order valence-electron chi connectivity index (χ0n) is 16.9. The summed E-state index contributed by atoms with van der Waals surface area (Å²) >= 11 is 5.61. The smallest absolute Gasteiger partial charge is 0.251 e. The van der Waals surface area contributed by atoms with Gasteiger partial charge < -0.3 is 16.0 Å². The Kier molecular flexibility index (Phi) is 7.41. The Hall–Kier alpha value is -3.19. The summed E-state index contributed by atoms with van der Waals surface area (Å²) in [6, 6.07) is 13.9. The molecular weight excluding hydrogens is 418 g/mol. The van der Waals surface area contributed by atoms with E-state index in [0.29, 0.717) is 24.9 Å². The van der Waals surface area contributed by atoms with E-state index in [9.17, 15) is 19.2 Å². The van der Waals surface area contributed by atoms with Crippen molar-refractivity contribution < 1.29 is 19.2 Å². The van der Waals surface area contributed by atoms with Crippen LogP contribution in [0, 0.1) is 0 Å². The Morgan fingerprint density at radius 1 is 1.06 bits per heavy atom. The van der Waals surface area contributed by atoms with Crippen molar-refractivity contribution in [2.75, 3.05) is 12.4 Å². The molecule has 162 valence electrons. The lowest BCUT2D eigenvalue weighted by molar-refractivity contribution is -0.138. The lowest BCUT2D eigenvalue weighted by Gasteiger charge is -2.28. The highest BCUT2D eigenvalue weighted by Gasteiger charge is 2.36. The molecular formula is C23H24ClN3O4. The van der Waals surface area contributed by atoms with Crippen molar-refractivity contribution in [1.29, 1.82) is 0 Å². The number of halogens is 1. The van der Waals surface area contributed by atoms with Gasteiger partial charge in [0.2, 0.25) is 11.8 Å². The SMILES string of the molecule is NC(=O)[C@@H]1CCCN1C(=O)[C@H](Cc1ccccc1)NC(=O)c1cccc(C(=O)CCl)c1. The van der Waals surface area contributed by atoms with Crippen molar-refractivity contribution in [3.05, 3.63) is 71.3 Å². The minimum absolute atomic E-state index is 0.191. The number of alkyl halides is 1. The monoisotopic (exact) mass is 441 g/mol. The van der Waals surface area contributed by atoms with E-state index >= 15 is 0 Å². The minimum atomic E-state index is -0.887. The molecule has 0 aliphatic carbocycles. The van der Waals surface area contributed by atoms with Gasteiger partial charge in [-0.15, -0.1) is 11.6 Å². The van der Waals surface area contributed by atoms with Gasteiger partial charge in [-0.2, -0.15) is 0 Å². The van der Waals surface area contributed by atoms with Crippen molar-refractivity contribution in [1.82, 2.24) is 10.2 Å². The van der Waals surface area contributed by atoms with E-state index < -0.39 is 23.9 Å². The second-order valence-electron chi connectivity index (χ2n) is 7.45. The van der Waals surface area contributed by atoms with Crippen LogP contribution in [0.25, 0.3) is 0 Å². The number of hydrogen-bond donors (Lipinski definition) is 2. The summed E-state index contributed by atoms with van der Waals surface area (Å²) in [5.74, 6) is -1.89. The van der Waals surface area contributed by atoms with Crippen molar-refractivity contribution in [2.45, 2.75) is 31.3 Å². The summed E-state index contributed by atoms with van der Waals surface area (Å²) in [4.78, 5) is 51.3. The first-order valence-corrected chi connectivity index (χ1v) is 10.6. The molecule has 3 N–H and O–H groups in total. The van der Waals surface area contributed by atoms with E-state index in [2.05, 4.69) is 5.32 Å². The van der Waals surface area contributed by atoms with Crippen LogP contribution in [-0.4, -0.2) is 52.9 Å².